The van der Waals surface area contributed by atoms with Crippen molar-refractivity contribution in [2.75, 3.05) is 6.54 Å². The first-order valence-corrected chi connectivity index (χ1v) is 6.08. The molecule has 1 atom stereocenters. The Bertz CT molecular complexity index is 357. The Balaban J connectivity index is 2.31. The van der Waals surface area contributed by atoms with Crippen LogP contribution >= 0.6 is 23.2 Å². The Morgan fingerprint density at radius 1 is 1.20 bits per heavy atom. The molecule has 3 heteroatoms. The number of hydrogen-bond donors (Lipinski definition) is 1. The molecule has 2 rings (SSSR count). The van der Waals surface area contributed by atoms with Gasteiger partial charge >= 0.3 is 0 Å². The zero-order valence-corrected chi connectivity index (χ0v) is 10.3. The lowest BCUT2D eigenvalue weighted by molar-refractivity contribution is 0.283. The van der Waals surface area contributed by atoms with Crippen LogP contribution in [0.1, 0.15) is 31.7 Å². The summed E-state index contributed by atoms with van der Waals surface area (Å²) in [6.45, 7) is 3.31. The van der Waals surface area contributed by atoms with E-state index in [1.54, 1.807) is 0 Å². The number of rotatable bonds is 1. The smallest absolute Gasteiger partial charge is 0.0595 e. The van der Waals surface area contributed by atoms with Crippen molar-refractivity contribution < 1.29 is 0 Å². The van der Waals surface area contributed by atoms with Crippen molar-refractivity contribution in [2.24, 2.45) is 0 Å². The van der Waals surface area contributed by atoms with E-state index in [-0.39, 0.29) is 5.54 Å². The maximum atomic E-state index is 6.04. The first kappa shape index (κ1) is 11.3. The topological polar surface area (TPSA) is 12.0 Å². The highest BCUT2D eigenvalue weighted by Crippen LogP contribution is 2.33. The first-order valence-electron chi connectivity index (χ1n) is 5.32. The zero-order chi connectivity index (χ0) is 10.9. The molecule has 1 unspecified atom stereocenters. The van der Waals surface area contributed by atoms with E-state index in [0.29, 0.717) is 10.0 Å². The molecule has 1 N–H and O–H groups in total. The Morgan fingerprint density at radius 2 is 2.00 bits per heavy atom. The normalized spacial score (nSPS) is 26.6. The average Bonchev–Trinajstić information content (AvgIpc) is 2.23. The van der Waals surface area contributed by atoms with E-state index in [9.17, 15) is 0 Å². The first-order chi connectivity index (χ1) is 7.12. The predicted molar refractivity (Wildman–Crippen MR) is 65.7 cm³/mol. The predicted octanol–water partition coefficient (Wildman–Crippen LogP) is 3.98. The Labute approximate surface area is 101 Å². The van der Waals surface area contributed by atoms with Crippen molar-refractivity contribution in [1.29, 1.82) is 0 Å². The molecule has 1 heterocycles. The lowest BCUT2D eigenvalue weighted by Gasteiger charge is -2.35. The van der Waals surface area contributed by atoms with Gasteiger partial charge in [-0.25, -0.2) is 0 Å². The Kier molecular flexibility index (Phi) is 3.24. The van der Waals surface area contributed by atoms with Crippen LogP contribution in [0.4, 0.5) is 0 Å². The van der Waals surface area contributed by atoms with E-state index in [2.05, 4.69) is 18.3 Å². The monoisotopic (exact) mass is 243 g/mol. The fraction of sp³-hybridized carbons (Fsp3) is 0.500. The third-order valence-electron chi connectivity index (χ3n) is 3.18. The van der Waals surface area contributed by atoms with Gasteiger partial charge in [0, 0.05) is 5.54 Å². The second kappa shape index (κ2) is 4.32. The van der Waals surface area contributed by atoms with Gasteiger partial charge in [0.1, 0.15) is 0 Å². The summed E-state index contributed by atoms with van der Waals surface area (Å²) < 4.78 is 0. The highest BCUT2D eigenvalue weighted by atomic mass is 35.5. The summed E-state index contributed by atoms with van der Waals surface area (Å²) in [6, 6.07) is 5.91. The van der Waals surface area contributed by atoms with Crippen molar-refractivity contribution in [3.8, 4) is 0 Å². The molecule has 1 fully saturated rings. The summed E-state index contributed by atoms with van der Waals surface area (Å²) in [4.78, 5) is 0. The molecule has 0 saturated carbocycles. The van der Waals surface area contributed by atoms with Gasteiger partial charge in [-0.1, -0.05) is 35.7 Å². The molecule has 1 aliphatic rings. The Hall–Kier alpha value is -0.240. The SMILES string of the molecule is CC1(c2ccc(Cl)c(Cl)c2)CCCCN1. The molecular formula is C12H15Cl2N. The van der Waals surface area contributed by atoms with Crippen molar-refractivity contribution in [2.45, 2.75) is 31.7 Å². The van der Waals surface area contributed by atoms with Crippen LogP contribution in [-0.2, 0) is 5.54 Å². The molecule has 0 radical (unpaired) electrons. The van der Waals surface area contributed by atoms with E-state index in [4.69, 9.17) is 23.2 Å². The number of halogens is 2. The van der Waals surface area contributed by atoms with Crippen LogP contribution in [0, 0.1) is 0 Å². The van der Waals surface area contributed by atoms with Crippen LogP contribution in [0.3, 0.4) is 0 Å². The molecule has 82 valence electrons. The standard InChI is InChI=1S/C12H15Cl2N/c1-12(6-2-3-7-15-12)9-4-5-10(13)11(14)8-9/h4-5,8,15H,2-3,6-7H2,1H3. The fourth-order valence-corrected chi connectivity index (χ4v) is 2.44. The maximum absolute atomic E-state index is 6.04. The molecule has 0 aromatic heterocycles. The summed E-state index contributed by atoms with van der Waals surface area (Å²) in [5.41, 5.74) is 1.29. The molecule has 1 nitrogen and oxygen atoms in total. The maximum Gasteiger partial charge on any atom is 0.0595 e. The van der Waals surface area contributed by atoms with Crippen LogP contribution in [0.25, 0.3) is 0 Å². The van der Waals surface area contributed by atoms with E-state index in [0.717, 1.165) is 13.0 Å². The van der Waals surface area contributed by atoms with E-state index < -0.39 is 0 Å². The van der Waals surface area contributed by atoms with Gasteiger partial charge in [-0.15, -0.1) is 0 Å². The van der Waals surface area contributed by atoms with Crippen LogP contribution < -0.4 is 5.32 Å². The minimum absolute atomic E-state index is 0.0620. The summed E-state index contributed by atoms with van der Waals surface area (Å²) in [5.74, 6) is 0. The lowest BCUT2D eigenvalue weighted by atomic mass is 9.84. The van der Waals surface area contributed by atoms with Gasteiger partial charge in [0.2, 0.25) is 0 Å². The molecule has 0 bridgehead atoms. The number of nitrogens with one attached hydrogen (secondary N) is 1. The number of hydrogen-bond acceptors (Lipinski definition) is 1. The lowest BCUT2D eigenvalue weighted by Crippen LogP contribution is -2.43. The number of piperidine rings is 1. The van der Waals surface area contributed by atoms with Crippen LogP contribution in [0.5, 0.6) is 0 Å². The summed E-state index contributed by atoms with van der Waals surface area (Å²) in [7, 11) is 0. The van der Waals surface area contributed by atoms with Crippen molar-refractivity contribution in [1.82, 2.24) is 5.32 Å². The van der Waals surface area contributed by atoms with Gasteiger partial charge in [-0.2, -0.15) is 0 Å². The molecule has 1 aromatic rings. The second-order valence-corrected chi connectivity index (χ2v) is 5.16. The van der Waals surface area contributed by atoms with Crippen LogP contribution in [0.15, 0.2) is 18.2 Å². The quantitative estimate of drug-likeness (QED) is 0.787. The summed E-state index contributed by atoms with van der Waals surface area (Å²) in [6.07, 6.45) is 3.69. The second-order valence-electron chi connectivity index (χ2n) is 4.34. The molecule has 0 spiro atoms. The largest absolute Gasteiger partial charge is 0.308 e. The zero-order valence-electron chi connectivity index (χ0n) is 8.82. The van der Waals surface area contributed by atoms with Gasteiger partial charge in [0.25, 0.3) is 0 Å². The van der Waals surface area contributed by atoms with Crippen LogP contribution in [-0.4, -0.2) is 6.54 Å². The molecule has 15 heavy (non-hydrogen) atoms. The van der Waals surface area contributed by atoms with Gasteiger partial charge in [-0.05, 0) is 44.0 Å². The van der Waals surface area contributed by atoms with Gasteiger partial charge in [-0.3, -0.25) is 0 Å². The van der Waals surface area contributed by atoms with Crippen molar-refractivity contribution in [3.05, 3.63) is 33.8 Å². The molecule has 0 amide bonds. The fourth-order valence-electron chi connectivity index (χ4n) is 2.14. The van der Waals surface area contributed by atoms with Gasteiger partial charge in [0.15, 0.2) is 0 Å². The van der Waals surface area contributed by atoms with Crippen LogP contribution in [0.2, 0.25) is 10.0 Å². The highest BCUT2D eigenvalue weighted by molar-refractivity contribution is 6.42. The third kappa shape index (κ3) is 2.30. The van der Waals surface area contributed by atoms with E-state index >= 15 is 0 Å². The van der Waals surface area contributed by atoms with Gasteiger partial charge < -0.3 is 5.32 Å². The third-order valence-corrected chi connectivity index (χ3v) is 3.91. The van der Waals surface area contributed by atoms with Crippen molar-refractivity contribution in [3.63, 3.8) is 0 Å². The molecule has 1 saturated heterocycles. The summed E-state index contributed by atoms with van der Waals surface area (Å²) >= 11 is 11.9. The minimum Gasteiger partial charge on any atom is -0.308 e. The molecule has 0 aliphatic carbocycles. The molecule has 1 aliphatic heterocycles. The van der Waals surface area contributed by atoms with E-state index in [1.807, 2.05) is 12.1 Å². The van der Waals surface area contributed by atoms with Gasteiger partial charge in [0.05, 0.1) is 10.0 Å². The summed E-state index contributed by atoms with van der Waals surface area (Å²) in [5, 5.41) is 4.82. The van der Waals surface area contributed by atoms with Crippen molar-refractivity contribution >= 4 is 23.2 Å². The average molecular weight is 244 g/mol. The number of benzene rings is 1. The Morgan fingerprint density at radius 3 is 2.60 bits per heavy atom. The molecular weight excluding hydrogens is 229 g/mol. The van der Waals surface area contributed by atoms with E-state index in [1.165, 1.54) is 18.4 Å². The minimum atomic E-state index is 0.0620. The highest BCUT2D eigenvalue weighted by Gasteiger charge is 2.28. The molecule has 1 aromatic carbocycles.